The molecule has 10 nitrogen and oxygen atoms in total. The number of anilines is 1. The Kier molecular flexibility index (Phi) is 6.21. The second-order valence-corrected chi connectivity index (χ2v) is 10.2. The maximum absolute atomic E-state index is 12.9. The van der Waals surface area contributed by atoms with Gasteiger partial charge in [-0.15, -0.1) is 11.3 Å². The fraction of sp³-hybridized carbons (Fsp3) is 0.474. The Balaban J connectivity index is 1.60. The number of ether oxygens (including phenoxy) is 1. The number of fused-ring (bicyclic) bond motifs is 1. The Morgan fingerprint density at radius 2 is 2.03 bits per heavy atom. The summed E-state index contributed by atoms with van der Waals surface area (Å²) in [5.41, 5.74) is 1.66. The van der Waals surface area contributed by atoms with Gasteiger partial charge in [0, 0.05) is 43.9 Å². The van der Waals surface area contributed by atoms with Gasteiger partial charge in [-0.2, -0.15) is 18.9 Å². The number of hydrogen-bond acceptors (Lipinski definition) is 9. The quantitative estimate of drug-likeness (QED) is 0.484. The van der Waals surface area contributed by atoms with Gasteiger partial charge in [-0.05, 0) is 31.7 Å². The molecule has 0 spiro atoms. The van der Waals surface area contributed by atoms with E-state index in [1.807, 2.05) is 6.92 Å². The van der Waals surface area contributed by atoms with E-state index in [9.17, 15) is 13.2 Å². The number of sulfonamides is 1. The number of esters is 1. The molecule has 166 valence electrons. The topological polar surface area (TPSA) is 110 Å². The van der Waals surface area contributed by atoms with Crippen molar-refractivity contribution in [3.8, 4) is 0 Å². The van der Waals surface area contributed by atoms with E-state index in [1.54, 1.807) is 29.0 Å². The average molecular weight is 465 g/mol. The highest BCUT2D eigenvalue weighted by atomic mass is 32.2. The second-order valence-electron chi connectivity index (χ2n) is 7.10. The van der Waals surface area contributed by atoms with Gasteiger partial charge >= 0.3 is 5.97 Å². The van der Waals surface area contributed by atoms with Gasteiger partial charge < -0.3 is 9.64 Å². The lowest BCUT2D eigenvalue weighted by Crippen LogP contribution is -2.49. The summed E-state index contributed by atoms with van der Waals surface area (Å²) in [5.74, 6) is 1.01. The smallest absolute Gasteiger partial charge is 0.306 e. The molecule has 0 aliphatic carbocycles. The van der Waals surface area contributed by atoms with Crippen LogP contribution in [0.15, 0.2) is 28.0 Å². The molecule has 0 bridgehead atoms. The molecular weight excluding hydrogens is 440 g/mol. The van der Waals surface area contributed by atoms with E-state index in [-0.39, 0.29) is 12.4 Å². The zero-order chi connectivity index (χ0) is 22.0. The van der Waals surface area contributed by atoms with E-state index in [0.29, 0.717) is 49.2 Å². The van der Waals surface area contributed by atoms with E-state index in [2.05, 4.69) is 20.0 Å². The molecule has 0 aromatic carbocycles. The molecule has 0 unspecified atom stereocenters. The maximum Gasteiger partial charge on any atom is 0.306 e. The predicted octanol–water partition coefficient (Wildman–Crippen LogP) is 1.50. The zero-order valence-electron chi connectivity index (χ0n) is 17.4. The molecule has 0 N–H and O–H groups in total. The summed E-state index contributed by atoms with van der Waals surface area (Å²) in [6.07, 6.45) is 2.13. The summed E-state index contributed by atoms with van der Waals surface area (Å²) in [7, 11) is -3.49. The van der Waals surface area contributed by atoms with E-state index < -0.39 is 10.0 Å². The Labute approximate surface area is 184 Å². The fourth-order valence-electron chi connectivity index (χ4n) is 3.72. The van der Waals surface area contributed by atoms with Crippen LogP contribution < -0.4 is 4.90 Å². The molecule has 1 saturated heterocycles. The predicted molar refractivity (Wildman–Crippen MR) is 116 cm³/mol. The molecule has 4 rings (SSSR count). The first-order valence-corrected chi connectivity index (χ1v) is 12.4. The number of aromatic nitrogens is 4. The van der Waals surface area contributed by atoms with Crippen LogP contribution in [0.25, 0.3) is 5.78 Å². The van der Waals surface area contributed by atoms with Crippen LogP contribution in [0.1, 0.15) is 24.6 Å². The lowest BCUT2D eigenvalue weighted by Gasteiger charge is -2.36. The molecule has 0 amide bonds. The molecule has 31 heavy (non-hydrogen) atoms. The van der Waals surface area contributed by atoms with Crippen molar-refractivity contribution in [3.63, 3.8) is 0 Å². The molecule has 1 aliphatic rings. The van der Waals surface area contributed by atoms with Crippen molar-refractivity contribution >= 4 is 38.9 Å². The number of rotatable bonds is 7. The van der Waals surface area contributed by atoms with Crippen LogP contribution in [0, 0.1) is 6.92 Å². The third-order valence-electron chi connectivity index (χ3n) is 5.22. The normalized spacial score (nSPS) is 15.5. The van der Waals surface area contributed by atoms with E-state index in [4.69, 9.17) is 4.74 Å². The van der Waals surface area contributed by atoms with Crippen molar-refractivity contribution in [3.05, 3.63) is 35.1 Å². The Hall–Kier alpha value is -2.57. The van der Waals surface area contributed by atoms with Gasteiger partial charge in [0.05, 0.1) is 6.61 Å². The summed E-state index contributed by atoms with van der Waals surface area (Å²) in [6, 6.07) is 3.37. The number of thiophene rings is 1. The molecule has 4 heterocycles. The first-order valence-electron chi connectivity index (χ1n) is 10.0. The van der Waals surface area contributed by atoms with Crippen LogP contribution in [0.2, 0.25) is 0 Å². The Morgan fingerprint density at radius 3 is 2.71 bits per heavy atom. The maximum atomic E-state index is 12.9. The second kappa shape index (κ2) is 8.89. The molecule has 12 heteroatoms. The van der Waals surface area contributed by atoms with Crippen LogP contribution in [-0.4, -0.2) is 71.1 Å². The highest BCUT2D eigenvalue weighted by molar-refractivity contribution is 7.91. The standard InChI is InChI=1S/C19H24N6O4S2/c1-3-29-16(26)7-6-15-14(2)22-19-20-13-21-25(19)18(15)23-8-10-24(11-9-23)31(27,28)17-5-4-12-30-17/h4-5,12-13H,3,6-11H2,1-2H3. The van der Waals surface area contributed by atoms with E-state index >= 15 is 0 Å². The largest absolute Gasteiger partial charge is 0.466 e. The summed E-state index contributed by atoms with van der Waals surface area (Å²) < 4.78 is 34.3. The van der Waals surface area contributed by atoms with Gasteiger partial charge in [0.1, 0.15) is 16.4 Å². The SMILES string of the molecule is CCOC(=O)CCc1c(C)nc2ncnn2c1N1CCN(S(=O)(=O)c2cccs2)CC1. The van der Waals surface area contributed by atoms with E-state index in [0.717, 1.165) is 17.1 Å². The van der Waals surface area contributed by atoms with Crippen LogP contribution >= 0.6 is 11.3 Å². The van der Waals surface area contributed by atoms with Crippen LogP contribution in [0.5, 0.6) is 0 Å². The van der Waals surface area contributed by atoms with Crippen molar-refractivity contribution in [1.29, 1.82) is 0 Å². The minimum absolute atomic E-state index is 0.232. The molecule has 1 fully saturated rings. The fourth-order valence-corrected chi connectivity index (χ4v) is 6.29. The third-order valence-corrected chi connectivity index (χ3v) is 8.49. The molecule has 0 saturated carbocycles. The number of hydrogen-bond donors (Lipinski definition) is 0. The summed E-state index contributed by atoms with van der Waals surface area (Å²) in [5, 5.41) is 6.09. The Bertz CT molecular complexity index is 1170. The molecule has 1 aliphatic heterocycles. The minimum Gasteiger partial charge on any atom is -0.466 e. The summed E-state index contributed by atoms with van der Waals surface area (Å²) in [4.78, 5) is 22.7. The number of piperazine rings is 1. The van der Waals surface area contributed by atoms with Gasteiger partial charge in [-0.1, -0.05) is 6.07 Å². The van der Waals surface area contributed by atoms with Gasteiger partial charge in [0.25, 0.3) is 15.8 Å². The first kappa shape index (κ1) is 21.7. The Morgan fingerprint density at radius 1 is 1.26 bits per heavy atom. The van der Waals surface area contributed by atoms with Crippen molar-refractivity contribution in [2.45, 2.75) is 30.9 Å². The van der Waals surface area contributed by atoms with Gasteiger partial charge in [0.15, 0.2) is 0 Å². The van der Waals surface area contributed by atoms with Crippen molar-refractivity contribution in [1.82, 2.24) is 23.9 Å². The molecule has 0 radical (unpaired) electrons. The number of carbonyl (C=O) groups excluding carboxylic acids is 1. The lowest BCUT2D eigenvalue weighted by atomic mass is 10.1. The molecule has 0 atom stereocenters. The average Bonchev–Trinajstić information content (AvgIpc) is 3.44. The van der Waals surface area contributed by atoms with Crippen LogP contribution in [0.4, 0.5) is 5.82 Å². The minimum atomic E-state index is -3.49. The van der Waals surface area contributed by atoms with E-state index in [1.165, 1.54) is 22.0 Å². The van der Waals surface area contributed by atoms with Crippen molar-refractivity contribution in [2.24, 2.45) is 0 Å². The summed E-state index contributed by atoms with van der Waals surface area (Å²) >= 11 is 1.22. The number of nitrogens with zero attached hydrogens (tertiary/aromatic N) is 6. The monoisotopic (exact) mass is 464 g/mol. The number of carbonyl (C=O) groups is 1. The highest BCUT2D eigenvalue weighted by Crippen LogP contribution is 2.28. The lowest BCUT2D eigenvalue weighted by molar-refractivity contribution is -0.143. The van der Waals surface area contributed by atoms with Gasteiger partial charge in [-0.25, -0.2) is 13.4 Å². The number of aryl methyl sites for hydroxylation is 1. The zero-order valence-corrected chi connectivity index (χ0v) is 19.0. The first-order chi connectivity index (χ1) is 14.9. The van der Waals surface area contributed by atoms with Crippen molar-refractivity contribution in [2.75, 3.05) is 37.7 Å². The third kappa shape index (κ3) is 4.27. The van der Waals surface area contributed by atoms with Crippen LogP contribution in [-0.2, 0) is 26.0 Å². The van der Waals surface area contributed by atoms with Gasteiger partial charge in [0.2, 0.25) is 0 Å². The molecule has 3 aromatic heterocycles. The molecular formula is C19H24N6O4S2. The van der Waals surface area contributed by atoms with Crippen LogP contribution in [0.3, 0.4) is 0 Å². The summed E-state index contributed by atoms with van der Waals surface area (Å²) in [6.45, 7) is 5.71. The van der Waals surface area contributed by atoms with Crippen molar-refractivity contribution < 1.29 is 17.9 Å². The molecule has 3 aromatic rings. The van der Waals surface area contributed by atoms with Gasteiger partial charge in [-0.3, -0.25) is 4.79 Å². The highest BCUT2D eigenvalue weighted by Gasteiger charge is 2.31.